The fourth-order valence-electron chi connectivity index (χ4n) is 4.31. The number of benzene rings is 3. The van der Waals surface area contributed by atoms with E-state index in [1.54, 1.807) is 23.5 Å². The van der Waals surface area contributed by atoms with Gasteiger partial charge in [0.05, 0.1) is 20.8 Å². The van der Waals surface area contributed by atoms with Gasteiger partial charge in [-0.2, -0.15) is 0 Å². The number of anilines is 2. The van der Waals surface area contributed by atoms with Crippen molar-refractivity contribution in [1.29, 1.82) is 0 Å². The minimum Gasteiger partial charge on any atom is -0.366 e. The standard InChI is InChI=1S/C26H23N5O3S2/c32-24(17-12-13-21(22(16-17)31(33)34)30-14-6-1-7-15-30)29-26(35)28-19-9-3-2-8-18(19)25-27-20-10-4-5-11-23(20)36-25/h2-5,8-13,16H,1,6-7,14-15H2,(H2,28,29,32,35). The number of hydrogen-bond donors (Lipinski definition) is 2. The van der Waals surface area contributed by atoms with E-state index in [4.69, 9.17) is 17.2 Å². The molecule has 1 aliphatic rings. The number of nitro benzene ring substituents is 1. The highest BCUT2D eigenvalue weighted by Crippen LogP contribution is 2.34. The predicted molar refractivity (Wildman–Crippen MR) is 148 cm³/mol. The molecule has 1 amide bonds. The van der Waals surface area contributed by atoms with E-state index in [-0.39, 0.29) is 16.4 Å². The zero-order chi connectivity index (χ0) is 25.1. The van der Waals surface area contributed by atoms with Crippen molar-refractivity contribution in [2.45, 2.75) is 19.3 Å². The molecule has 5 rings (SSSR count). The van der Waals surface area contributed by atoms with Gasteiger partial charge in [-0.3, -0.25) is 20.2 Å². The zero-order valence-corrected chi connectivity index (χ0v) is 20.9. The van der Waals surface area contributed by atoms with Crippen LogP contribution in [0.15, 0.2) is 66.7 Å². The molecule has 10 heteroatoms. The number of amides is 1. The normalized spacial score (nSPS) is 13.4. The van der Waals surface area contributed by atoms with Gasteiger partial charge in [0.1, 0.15) is 10.7 Å². The molecular formula is C26H23N5O3S2. The summed E-state index contributed by atoms with van der Waals surface area (Å²) in [4.78, 5) is 30.9. The van der Waals surface area contributed by atoms with Crippen LogP contribution >= 0.6 is 23.6 Å². The molecule has 0 unspecified atom stereocenters. The Balaban J connectivity index is 1.33. The predicted octanol–water partition coefficient (Wildman–Crippen LogP) is 5.99. The van der Waals surface area contributed by atoms with E-state index in [0.717, 1.165) is 53.1 Å². The molecule has 0 atom stereocenters. The largest absolute Gasteiger partial charge is 0.366 e. The average molecular weight is 518 g/mol. The van der Waals surface area contributed by atoms with Crippen molar-refractivity contribution in [3.05, 3.63) is 82.4 Å². The number of hydrogen-bond acceptors (Lipinski definition) is 7. The van der Waals surface area contributed by atoms with Crippen molar-refractivity contribution in [2.75, 3.05) is 23.3 Å². The lowest BCUT2D eigenvalue weighted by Gasteiger charge is -2.28. The van der Waals surface area contributed by atoms with Crippen molar-refractivity contribution in [1.82, 2.24) is 10.3 Å². The maximum Gasteiger partial charge on any atom is 0.293 e. The summed E-state index contributed by atoms with van der Waals surface area (Å²) in [7, 11) is 0. The fourth-order valence-corrected chi connectivity index (χ4v) is 5.52. The third-order valence-electron chi connectivity index (χ3n) is 6.06. The third kappa shape index (κ3) is 5.05. The van der Waals surface area contributed by atoms with Crippen LogP contribution in [-0.4, -0.2) is 34.0 Å². The number of fused-ring (bicyclic) bond motifs is 1. The van der Waals surface area contributed by atoms with Crippen LogP contribution in [0.25, 0.3) is 20.8 Å². The van der Waals surface area contributed by atoms with Gasteiger partial charge in [0, 0.05) is 30.3 Å². The molecule has 0 spiro atoms. The van der Waals surface area contributed by atoms with E-state index in [1.165, 1.54) is 6.07 Å². The van der Waals surface area contributed by atoms with Crippen LogP contribution < -0.4 is 15.5 Å². The molecule has 8 nitrogen and oxygen atoms in total. The second kappa shape index (κ2) is 10.4. The smallest absolute Gasteiger partial charge is 0.293 e. The number of thiocarbonyl (C=S) groups is 1. The SMILES string of the molecule is O=C(NC(=S)Nc1ccccc1-c1nc2ccccc2s1)c1ccc(N2CCCCC2)c([N+](=O)[O-])c1. The molecule has 0 radical (unpaired) electrons. The number of para-hydroxylation sites is 2. The Morgan fingerprint density at radius 3 is 2.56 bits per heavy atom. The number of carbonyl (C=O) groups is 1. The minimum atomic E-state index is -0.515. The monoisotopic (exact) mass is 517 g/mol. The molecule has 1 saturated heterocycles. The maximum absolute atomic E-state index is 12.9. The second-order valence-electron chi connectivity index (χ2n) is 8.45. The molecule has 2 heterocycles. The van der Waals surface area contributed by atoms with Gasteiger partial charge in [-0.1, -0.05) is 24.3 Å². The molecule has 3 aromatic carbocycles. The molecule has 0 aliphatic carbocycles. The van der Waals surface area contributed by atoms with Crippen LogP contribution in [0.3, 0.4) is 0 Å². The first-order valence-corrected chi connectivity index (χ1v) is 12.8. The van der Waals surface area contributed by atoms with Gasteiger partial charge in [0.15, 0.2) is 5.11 Å². The lowest BCUT2D eigenvalue weighted by Crippen LogP contribution is -2.34. The molecule has 36 heavy (non-hydrogen) atoms. The number of piperidine rings is 1. The molecule has 4 aromatic rings. The molecule has 0 bridgehead atoms. The Labute approximate surface area is 217 Å². The highest BCUT2D eigenvalue weighted by atomic mass is 32.1. The maximum atomic E-state index is 12.9. The Bertz CT molecular complexity index is 1430. The van der Waals surface area contributed by atoms with Crippen LogP contribution in [0.4, 0.5) is 17.1 Å². The number of carbonyl (C=O) groups excluding carboxylic acids is 1. The van der Waals surface area contributed by atoms with Crippen LogP contribution in [-0.2, 0) is 0 Å². The minimum absolute atomic E-state index is 0.0791. The van der Waals surface area contributed by atoms with Crippen LogP contribution in [0.1, 0.15) is 29.6 Å². The van der Waals surface area contributed by atoms with Crippen molar-refractivity contribution >= 4 is 61.9 Å². The van der Waals surface area contributed by atoms with E-state index >= 15 is 0 Å². The van der Waals surface area contributed by atoms with Gasteiger partial charge in [-0.05, 0) is 67.9 Å². The highest BCUT2D eigenvalue weighted by molar-refractivity contribution is 7.80. The number of rotatable bonds is 5. The topological polar surface area (TPSA) is 100 Å². The lowest BCUT2D eigenvalue weighted by atomic mass is 10.1. The summed E-state index contributed by atoms with van der Waals surface area (Å²) in [6, 6.07) is 20.1. The van der Waals surface area contributed by atoms with Crippen LogP contribution in [0, 0.1) is 10.1 Å². The van der Waals surface area contributed by atoms with Crippen molar-refractivity contribution in [3.63, 3.8) is 0 Å². The number of nitro groups is 1. The molecule has 1 fully saturated rings. The summed E-state index contributed by atoms with van der Waals surface area (Å²) >= 11 is 6.97. The molecule has 0 saturated carbocycles. The summed E-state index contributed by atoms with van der Waals surface area (Å²) < 4.78 is 1.08. The van der Waals surface area contributed by atoms with E-state index < -0.39 is 10.8 Å². The first kappa shape index (κ1) is 23.8. The zero-order valence-electron chi connectivity index (χ0n) is 19.3. The number of aromatic nitrogens is 1. The van der Waals surface area contributed by atoms with Crippen LogP contribution in [0.2, 0.25) is 0 Å². The fraction of sp³-hybridized carbons (Fsp3) is 0.192. The van der Waals surface area contributed by atoms with Gasteiger partial charge in [-0.15, -0.1) is 11.3 Å². The summed E-state index contributed by atoms with van der Waals surface area (Å²) in [5.41, 5.74) is 3.11. The van der Waals surface area contributed by atoms with Gasteiger partial charge >= 0.3 is 0 Å². The summed E-state index contributed by atoms with van der Waals surface area (Å²) in [6.07, 6.45) is 3.12. The Morgan fingerprint density at radius 1 is 1.03 bits per heavy atom. The Morgan fingerprint density at radius 2 is 1.78 bits per heavy atom. The van der Waals surface area contributed by atoms with Crippen molar-refractivity contribution in [2.24, 2.45) is 0 Å². The van der Waals surface area contributed by atoms with E-state index in [2.05, 4.69) is 10.6 Å². The van der Waals surface area contributed by atoms with Gasteiger partial charge in [-0.25, -0.2) is 4.98 Å². The number of nitrogens with one attached hydrogen (secondary N) is 2. The van der Waals surface area contributed by atoms with Gasteiger partial charge in [0.2, 0.25) is 0 Å². The first-order chi connectivity index (χ1) is 17.5. The molecule has 182 valence electrons. The second-order valence-corrected chi connectivity index (χ2v) is 9.89. The quantitative estimate of drug-likeness (QED) is 0.191. The van der Waals surface area contributed by atoms with E-state index in [1.807, 2.05) is 53.4 Å². The lowest BCUT2D eigenvalue weighted by molar-refractivity contribution is -0.384. The summed E-state index contributed by atoms with van der Waals surface area (Å²) in [6.45, 7) is 1.54. The number of nitrogens with zero attached hydrogens (tertiary/aromatic N) is 3. The number of thiazole rings is 1. The molecular weight excluding hydrogens is 494 g/mol. The van der Waals surface area contributed by atoms with Crippen LogP contribution in [0.5, 0.6) is 0 Å². The third-order valence-corrected chi connectivity index (χ3v) is 7.33. The Hall–Kier alpha value is -3.89. The summed E-state index contributed by atoms with van der Waals surface area (Å²) in [5, 5.41) is 18.4. The molecule has 2 N–H and O–H groups in total. The van der Waals surface area contributed by atoms with Crippen molar-refractivity contribution < 1.29 is 9.72 Å². The molecule has 1 aromatic heterocycles. The Kier molecular flexibility index (Phi) is 6.88. The summed E-state index contributed by atoms with van der Waals surface area (Å²) in [5.74, 6) is -0.515. The molecule has 1 aliphatic heterocycles. The van der Waals surface area contributed by atoms with E-state index in [9.17, 15) is 14.9 Å². The highest BCUT2D eigenvalue weighted by Gasteiger charge is 2.23. The van der Waals surface area contributed by atoms with E-state index in [0.29, 0.717) is 11.4 Å². The average Bonchev–Trinajstić information content (AvgIpc) is 3.33. The van der Waals surface area contributed by atoms with Crippen molar-refractivity contribution in [3.8, 4) is 10.6 Å². The first-order valence-electron chi connectivity index (χ1n) is 11.6. The van der Waals surface area contributed by atoms with Gasteiger partial charge in [0.25, 0.3) is 11.6 Å². The van der Waals surface area contributed by atoms with Gasteiger partial charge < -0.3 is 10.2 Å².